The molecule has 1 amide bonds. The van der Waals surface area contributed by atoms with E-state index >= 15 is 0 Å². The molecule has 0 fully saturated rings. The van der Waals surface area contributed by atoms with E-state index in [4.69, 9.17) is 4.74 Å². The molecule has 0 radical (unpaired) electrons. The second kappa shape index (κ2) is 6.39. The van der Waals surface area contributed by atoms with E-state index in [2.05, 4.69) is 15.3 Å². The Bertz CT molecular complexity index is 878. The highest BCUT2D eigenvalue weighted by Crippen LogP contribution is 2.16. The maximum atomic E-state index is 12.1. The number of amides is 1. The van der Waals surface area contributed by atoms with E-state index in [1.165, 1.54) is 0 Å². The van der Waals surface area contributed by atoms with E-state index in [-0.39, 0.29) is 18.0 Å². The first-order chi connectivity index (χ1) is 11.1. The predicted octanol–water partition coefficient (Wildman–Crippen LogP) is 2.44. The topological polar surface area (TPSA) is 87.0 Å². The molecular formula is C17H17N3O3. The van der Waals surface area contributed by atoms with Crippen LogP contribution in [0.1, 0.15) is 12.5 Å². The number of imidazole rings is 1. The molecule has 1 aromatic heterocycles. The summed E-state index contributed by atoms with van der Waals surface area (Å²) in [4.78, 5) is 28.7. The summed E-state index contributed by atoms with van der Waals surface area (Å²) in [7, 11) is 0. The van der Waals surface area contributed by atoms with Gasteiger partial charge in [0, 0.05) is 5.69 Å². The van der Waals surface area contributed by atoms with Crippen LogP contribution in [0.5, 0.6) is 5.75 Å². The van der Waals surface area contributed by atoms with Crippen molar-refractivity contribution in [2.24, 2.45) is 0 Å². The molecule has 118 valence electrons. The van der Waals surface area contributed by atoms with Crippen molar-refractivity contribution in [3.05, 3.63) is 58.5 Å². The van der Waals surface area contributed by atoms with Crippen molar-refractivity contribution in [2.45, 2.75) is 13.3 Å². The van der Waals surface area contributed by atoms with Gasteiger partial charge < -0.3 is 20.0 Å². The van der Waals surface area contributed by atoms with Gasteiger partial charge in [-0.3, -0.25) is 4.79 Å². The summed E-state index contributed by atoms with van der Waals surface area (Å²) in [6.07, 6.45) is 0.272. The molecule has 1 heterocycles. The second-order valence-electron chi connectivity index (χ2n) is 5.14. The number of H-pyrrole nitrogens is 2. The Morgan fingerprint density at radius 1 is 1.09 bits per heavy atom. The van der Waals surface area contributed by atoms with Crippen LogP contribution in [-0.4, -0.2) is 22.5 Å². The molecular weight excluding hydrogens is 294 g/mol. The first-order valence-corrected chi connectivity index (χ1v) is 7.37. The number of aromatic nitrogens is 2. The number of anilines is 1. The lowest BCUT2D eigenvalue weighted by atomic mass is 10.1. The number of fused-ring (bicyclic) bond motifs is 1. The number of aromatic amines is 2. The van der Waals surface area contributed by atoms with Crippen LogP contribution in [0.25, 0.3) is 11.0 Å². The van der Waals surface area contributed by atoms with Gasteiger partial charge in [0.1, 0.15) is 5.75 Å². The third-order valence-electron chi connectivity index (χ3n) is 3.40. The fourth-order valence-electron chi connectivity index (χ4n) is 2.37. The standard InChI is InChI=1S/C17H17N3O3/c1-2-23-13-6-3-11(4-7-13)9-16(21)18-12-5-8-14-15(10-12)20-17(22)19-14/h3-8,10H,2,9H2,1H3,(H,18,21)(H2,19,20,22). The first kappa shape index (κ1) is 14.9. The summed E-state index contributed by atoms with van der Waals surface area (Å²) in [5.41, 5.74) is 2.65. The number of benzene rings is 2. The zero-order chi connectivity index (χ0) is 16.2. The van der Waals surface area contributed by atoms with Crippen molar-refractivity contribution in [3.8, 4) is 5.75 Å². The molecule has 2 aromatic carbocycles. The Morgan fingerprint density at radius 2 is 1.83 bits per heavy atom. The minimum Gasteiger partial charge on any atom is -0.494 e. The fraction of sp³-hybridized carbons (Fsp3) is 0.176. The van der Waals surface area contributed by atoms with Gasteiger partial charge in [0.25, 0.3) is 0 Å². The zero-order valence-corrected chi connectivity index (χ0v) is 12.7. The van der Waals surface area contributed by atoms with E-state index in [9.17, 15) is 9.59 Å². The molecule has 3 N–H and O–H groups in total. The average Bonchev–Trinajstić information content (AvgIpc) is 2.89. The summed E-state index contributed by atoms with van der Waals surface area (Å²) >= 11 is 0. The molecule has 0 atom stereocenters. The molecule has 0 saturated heterocycles. The maximum absolute atomic E-state index is 12.1. The Kier molecular flexibility index (Phi) is 4.14. The Hall–Kier alpha value is -3.02. The summed E-state index contributed by atoms with van der Waals surface area (Å²) in [5.74, 6) is 0.671. The van der Waals surface area contributed by atoms with E-state index in [1.807, 2.05) is 31.2 Å². The SMILES string of the molecule is CCOc1ccc(CC(=O)Nc2ccc3[nH]c(=O)[nH]c3c2)cc1. The van der Waals surface area contributed by atoms with Crippen molar-refractivity contribution < 1.29 is 9.53 Å². The normalized spacial score (nSPS) is 10.7. The van der Waals surface area contributed by atoms with Crippen molar-refractivity contribution in [1.82, 2.24) is 9.97 Å². The van der Waals surface area contributed by atoms with Crippen LogP contribution in [0.4, 0.5) is 5.69 Å². The molecule has 23 heavy (non-hydrogen) atoms. The van der Waals surface area contributed by atoms with Gasteiger partial charge in [0.15, 0.2) is 0 Å². The van der Waals surface area contributed by atoms with Crippen molar-refractivity contribution in [1.29, 1.82) is 0 Å². The van der Waals surface area contributed by atoms with Crippen molar-refractivity contribution in [2.75, 3.05) is 11.9 Å². The molecule has 0 saturated carbocycles. The van der Waals surface area contributed by atoms with Crippen molar-refractivity contribution >= 4 is 22.6 Å². The van der Waals surface area contributed by atoms with Gasteiger partial charge in [-0.25, -0.2) is 4.79 Å². The maximum Gasteiger partial charge on any atom is 0.323 e. The van der Waals surface area contributed by atoms with E-state index < -0.39 is 0 Å². The van der Waals surface area contributed by atoms with Gasteiger partial charge in [0.05, 0.1) is 24.1 Å². The Balaban J connectivity index is 1.66. The molecule has 0 aliphatic rings. The molecule has 3 rings (SSSR count). The summed E-state index contributed by atoms with van der Waals surface area (Å²) < 4.78 is 5.37. The van der Waals surface area contributed by atoms with Gasteiger partial charge >= 0.3 is 5.69 Å². The van der Waals surface area contributed by atoms with Crippen LogP contribution < -0.4 is 15.7 Å². The lowest BCUT2D eigenvalue weighted by Crippen LogP contribution is -2.14. The molecule has 6 nitrogen and oxygen atoms in total. The minimum absolute atomic E-state index is 0.119. The number of nitrogens with one attached hydrogen (secondary N) is 3. The molecule has 0 unspecified atom stereocenters. The highest BCUT2D eigenvalue weighted by atomic mass is 16.5. The summed E-state index contributed by atoms with van der Waals surface area (Å²) in [6, 6.07) is 12.7. The van der Waals surface area contributed by atoms with E-state index in [0.29, 0.717) is 23.3 Å². The smallest absolute Gasteiger partial charge is 0.323 e. The van der Waals surface area contributed by atoms with Gasteiger partial charge in [-0.1, -0.05) is 12.1 Å². The van der Waals surface area contributed by atoms with Crippen LogP contribution in [-0.2, 0) is 11.2 Å². The molecule has 0 aliphatic heterocycles. The average molecular weight is 311 g/mol. The van der Waals surface area contributed by atoms with Crippen LogP contribution in [0.3, 0.4) is 0 Å². The van der Waals surface area contributed by atoms with Crippen LogP contribution in [0.2, 0.25) is 0 Å². The summed E-state index contributed by atoms with van der Waals surface area (Å²) in [5, 5.41) is 2.83. The second-order valence-corrected chi connectivity index (χ2v) is 5.14. The monoisotopic (exact) mass is 311 g/mol. The molecule has 3 aromatic rings. The molecule has 6 heteroatoms. The van der Waals surface area contributed by atoms with Crippen LogP contribution in [0, 0.1) is 0 Å². The quantitative estimate of drug-likeness (QED) is 0.676. The van der Waals surface area contributed by atoms with E-state index in [0.717, 1.165) is 11.3 Å². The molecule has 0 aliphatic carbocycles. The van der Waals surface area contributed by atoms with Gasteiger partial charge in [-0.2, -0.15) is 0 Å². The van der Waals surface area contributed by atoms with Crippen LogP contribution >= 0.6 is 0 Å². The summed E-state index contributed by atoms with van der Waals surface area (Å²) in [6.45, 7) is 2.54. The molecule has 0 spiro atoms. The third-order valence-corrected chi connectivity index (χ3v) is 3.40. The number of ether oxygens (including phenoxy) is 1. The number of hydrogen-bond donors (Lipinski definition) is 3. The highest BCUT2D eigenvalue weighted by Gasteiger charge is 2.06. The zero-order valence-electron chi connectivity index (χ0n) is 12.7. The lowest BCUT2D eigenvalue weighted by Gasteiger charge is -2.07. The Labute approximate surface area is 132 Å². The lowest BCUT2D eigenvalue weighted by molar-refractivity contribution is -0.115. The number of rotatable bonds is 5. The van der Waals surface area contributed by atoms with E-state index in [1.54, 1.807) is 18.2 Å². The van der Waals surface area contributed by atoms with Gasteiger partial charge in [-0.15, -0.1) is 0 Å². The number of hydrogen-bond acceptors (Lipinski definition) is 3. The number of carbonyl (C=O) groups excluding carboxylic acids is 1. The fourth-order valence-corrected chi connectivity index (χ4v) is 2.37. The van der Waals surface area contributed by atoms with Crippen LogP contribution in [0.15, 0.2) is 47.3 Å². The largest absolute Gasteiger partial charge is 0.494 e. The predicted molar refractivity (Wildman–Crippen MR) is 88.9 cm³/mol. The van der Waals surface area contributed by atoms with Gasteiger partial charge in [-0.05, 0) is 42.8 Å². The Morgan fingerprint density at radius 3 is 2.57 bits per heavy atom. The number of carbonyl (C=O) groups is 1. The first-order valence-electron chi connectivity index (χ1n) is 7.37. The minimum atomic E-state index is -0.266. The third kappa shape index (κ3) is 3.60. The van der Waals surface area contributed by atoms with Crippen molar-refractivity contribution in [3.63, 3.8) is 0 Å². The highest BCUT2D eigenvalue weighted by molar-refractivity contribution is 5.94. The molecule has 0 bridgehead atoms. The van der Waals surface area contributed by atoms with Gasteiger partial charge in [0.2, 0.25) is 5.91 Å².